The van der Waals surface area contributed by atoms with Crippen LogP contribution < -0.4 is 0 Å². The fraction of sp³-hybridized carbons (Fsp3) is 0. The van der Waals surface area contributed by atoms with Crippen LogP contribution in [0.2, 0.25) is 0 Å². The monoisotopic (exact) mass is 715 g/mol. The van der Waals surface area contributed by atoms with Crippen LogP contribution in [0.5, 0.6) is 0 Å². The van der Waals surface area contributed by atoms with Gasteiger partial charge in [0.15, 0.2) is 17.5 Å². The van der Waals surface area contributed by atoms with Gasteiger partial charge in [-0.25, -0.2) is 15.0 Å². The zero-order valence-electron chi connectivity index (χ0n) is 30.3. The highest BCUT2D eigenvalue weighted by Crippen LogP contribution is 2.39. The van der Waals surface area contributed by atoms with Crippen molar-refractivity contribution >= 4 is 43.6 Å². The first-order valence-corrected chi connectivity index (χ1v) is 18.9. The Morgan fingerprint density at radius 3 is 1.25 bits per heavy atom. The average molecular weight is 716 g/mol. The zero-order valence-corrected chi connectivity index (χ0v) is 30.3. The molecule has 0 fully saturated rings. The van der Waals surface area contributed by atoms with Gasteiger partial charge in [0.05, 0.1) is 22.1 Å². The predicted molar refractivity (Wildman–Crippen MR) is 230 cm³/mol. The molecular weight excluding hydrogens is 683 g/mol. The van der Waals surface area contributed by atoms with Crippen LogP contribution in [0.25, 0.3) is 100 Å². The van der Waals surface area contributed by atoms with E-state index < -0.39 is 0 Å². The molecule has 8 aromatic carbocycles. The molecule has 3 heterocycles. The predicted octanol–water partition coefficient (Wildman–Crippen LogP) is 12.7. The summed E-state index contributed by atoms with van der Waals surface area (Å²) in [5, 5.41) is 4.76. The van der Waals surface area contributed by atoms with Crippen molar-refractivity contribution in [3.8, 4) is 56.7 Å². The molecule has 0 unspecified atom stereocenters. The van der Waals surface area contributed by atoms with E-state index in [1.807, 2.05) is 60.7 Å². The van der Waals surface area contributed by atoms with Crippen LogP contribution in [-0.2, 0) is 0 Å². The van der Waals surface area contributed by atoms with E-state index in [-0.39, 0.29) is 0 Å². The van der Waals surface area contributed by atoms with Crippen molar-refractivity contribution < 1.29 is 0 Å². The van der Waals surface area contributed by atoms with E-state index in [1.54, 1.807) is 0 Å². The van der Waals surface area contributed by atoms with E-state index in [9.17, 15) is 0 Å². The third kappa shape index (κ3) is 5.29. The van der Waals surface area contributed by atoms with Crippen LogP contribution in [-0.4, -0.2) is 24.1 Å². The van der Waals surface area contributed by atoms with Crippen LogP contribution >= 0.6 is 0 Å². The molecule has 262 valence electrons. The summed E-state index contributed by atoms with van der Waals surface area (Å²) in [4.78, 5) is 15.1. The first kappa shape index (κ1) is 31.9. The molecule has 0 saturated heterocycles. The second-order valence-corrected chi connectivity index (χ2v) is 14.1. The van der Waals surface area contributed by atoms with E-state index in [0.29, 0.717) is 17.5 Å². The molecule has 3 aromatic heterocycles. The molecule has 0 aliphatic heterocycles. The quantitative estimate of drug-likeness (QED) is 0.172. The highest BCUT2D eigenvalue weighted by Gasteiger charge is 2.19. The normalized spacial score (nSPS) is 11.6. The van der Waals surface area contributed by atoms with Gasteiger partial charge in [0.1, 0.15) is 0 Å². The SMILES string of the molecule is c1ccc(-c2ccc(-n3c4ccc(-c5nc(-c6ccccc6)nc(-c6ccccc6)n5)cc4c4ccc(-n5c6ccccc6c6ccccc65)cc43)cc2)cc1. The van der Waals surface area contributed by atoms with Crippen molar-refractivity contribution in [3.05, 3.63) is 200 Å². The van der Waals surface area contributed by atoms with E-state index in [2.05, 4.69) is 149 Å². The van der Waals surface area contributed by atoms with E-state index in [0.717, 1.165) is 49.9 Å². The van der Waals surface area contributed by atoms with Gasteiger partial charge in [-0.15, -0.1) is 0 Å². The number of aromatic nitrogens is 5. The lowest BCUT2D eigenvalue weighted by Gasteiger charge is -2.12. The standard InChI is InChI=1S/C51H33N5/c1-4-14-34(15-5-1)35-24-27-39(28-25-35)55-47-31-26-38(51-53-49(36-16-6-2-7-17-36)52-50(54-51)37-18-8-3-9-19-37)32-44(47)43-30-29-40(33-48(43)55)56-45-22-12-10-20-41(45)42-21-11-13-23-46(42)56/h1-33H. The largest absolute Gasteiger partial charge is 0.309 e. The first-order chi connectivity index (χ1) is 27.8. The Kier molecular flexibility index (Phi) is 7.42. The second kappa shape index (κ2) is 13.0. The summed E-state index contributed by atoms with van der Waals surface area (Å²) in [6.45, 7) is 0. The van der Waals surface area contributed by atoms with E-state index in [4.69, 9.17) is 15.0 Å². The average Bonchev–Trinajstić information content (AvgIpc) is 3.79. The lowest BCUT2D eigenvalue weighted by molar-refractivity contribution is 1.07. The number of fused-ring (bicyclic) bond motifs is 6. The minimum Gasteiger partial charge on any atom is -0.309 e. The number of nitrogens with zero attached hydrogens (tertiary/aromatic N) is 5. The van der Waals surface area contributed by atoms with Gasteiger partial charge >= 0.3 is 0 Å². The Morgan fingerprint density at radius 2 is 0.661 bits per heavy atom. The minimum absolute atomic E-state index is 0.634. The highest BCUT2D eigenvalue weighted by molar-refractivity contribution is 6.12. The van der Waals surface area contributed by atoms with Crippen LogP contribution in [0.3, 0.4) is 0 Å². The third-order valence-electron chi connectivity index (χ3n) is 10.8. The van der Waals surface area contributed by atoms with Crippen molar-refractivity contribution in [2.24, 2.45) is 0 Å². The maximum Gasteiger partial charge on any atom is 0.164 e. The van der Waals surface area contributed by atoms with Gasteiger partial charge in [-0.1, -0.05) is 146 Å². The Morgan fingerprint density at radius 1 is 0.250 bits per heavy atom. The van der Waals surface area contributed by atoms with Gasteiger partial charge < -0.3 is 9.13 Å². The van der Waals surface area contributed by atoms with Crippen LogP contribution in [0.4, 0.5) is 0 Å². The van der Waals surface area contributed by atoms with Crippen molar-refractivity contribution in [1.29, 1.82) is 0 Å². The smallest absolute Gasteiger partial charge is 0.164 e. The van der Waals surface area contributed by atoms with Gasteiger partial charge in [-0.3, -0.25) is 0 Å². The number of para-hydroxylation sites is 2. The molecule has 0 N–H and O–H groups in total. The third-order valence-corrected chi connectivity index (χ3v) is 10.8. The van der Waals surface area contributed by atoms with Crippen LogP contribution in [0.15, 0.2) is 200 Å². The summed E-state index contributed by atoms with van der Waals surface area (Å²) in [6, 6.07) is 70.5. The number of rotatable bonds is 6. The Bertz CT molecular complexity index is 3110. The van der Waals surface area contributed by atoms with Gasteiger partial charge in [0.2, 0.25) is 0 Å². The summed E-state index contributed by atoms with van der Waals surface area (Å²) >= 11 is 0. The number of hydrogen-bond acceptors (Lipinski definition) is 3. The Balaban J connectivity index is 1.14. The zero-order chi connectivity index (χ0) is 37.0. The topological polar surface area (TPSA) is 48.5 Å². The summed E-state index contributed by atoms with van der Waals surface area (Å²) in [7, 11) is 0. The minimum atomic E-state index is 0.634. The molecule has 0 spiro atoms. The van der Waals surface area contributed by atoms with Gasteiger partial charge in [-0.2, -0.15) is 0 Å². The lowest BCUT2D eigenvalue weighted by Crippen LogP contribution is -2.00. The molecule has 0 aliphatic carbocycles. The Hall–Kier alpha value is -7.63. The molecule has 0 aliphatic rings. The first-order valence-electron chi connectivity index (χ1n) is 18.9. The van der Waals surface area contributed by atoms with Gasteiger partial charge in [-0.05, 0) is 65.7 Å². The molecule has 0 radical (unpaired) electrons. The summed E-state index contributed by atoms with van der Waals surface area (Å²) < 4.78 is 4.77. The second-order valence-electron chi connectivity index (χ2n) is 14.1. The van der Waals surface area contributed by atoms with Crippen molar-refractivity contribution in [2.75, 3.05) is 0 Å². The lowest BCUT2D eigenvalue weighted by atomic mass is 10.1. The van der Waals surface area contributed by atoms with Crippen molar-refractivity contribution in [2.45, 2.75) is 0 Å². The Labute approximate surface area is 323 Å². The molecule has 0 amide bonds. The number of benzene rings is 8. The van der Waals surface area contributed by atoms with E-state index >= 15 is 0 Å². The fourth-order valence-electron chi connectivity index (χ4n) is 8.14. The van der Waals surface area contributed by atoms with E-state index in [1.165, 1.54) is 32.9 Å². The van der Waals surface area contributed by atoms with Crippen LogP contribution in [0.1, 0.15) is 0 Å². The maximum absolute atomic E-state index is 5.06. The molecular formula is C51H33N5. The summed E-state index contributed by atoms with van der Waals surface area (Å²) in [5.41, 5.74) is 12.0. The molecule has 56 heavy (non-hydrogen) atoms. The summed E-state index contributed by atoms with van der Waals surface area (Å²) in [5.74, 6) is 1.92. The van der Waals surface area contributed by atoms with Gasteiger partial charge in [0, 0.05) is 49.6 Å². The van der Waals surface area contributed by atoms with Gasteiger partial charge in [0.25, 0.3) is 0 Å². The molecule has 0 atom stereocenters. The fourth-order valence-corrected chi connectivity index (χ4v) is 8.14. The molecule has 11 rings (SSSR count). The molecule has 11 aromatic rings. The number of hydrogen-bond donors (Lipinski definition) is 0. The highest BCUT2D eigenvalue weighted by atomic mass is 15.0. The molecule has 0 saturated carbocycles. The maximum atomic E-state index is 5.06. The molecule has 5 heteroatoms. The van der Waals surface area contributed by atoms with Crippen LogP contribution in [0, 0.1) is 0 Å². The molecule has 5 nitrogen and oxygen atoms in total. The van der Waals surface area contributed by atoms with Crippen molar-refractivity contribution in [3.63, 3.8) is 0 Å². The summed E-state index contributed by atoms with van der Waals surface area (Å²) in [6.07, 6.45) is 0. The van der Waals surface area contributed by atoms with Crippen molar-refractivity contribution in [1.82, 2.24) is 24.1 Å². The molecule has 0 bridgehead atoms.